The molecule has 1 heterocycles. The molecule has 0 radical (unpaired) electrons. The van der Waals surface area contributed by atoms with E-state index in [1.807, 2.05) is 6.07 Å². The molecule has 262 valence electrons. The highest BCUT2D eigenvalue weighted by Crippen LogP contribution is 2.55. The minimum atomic E-state index is -0.385. The summed E-state index contributed by atoms with van der Waals surface area (Å²) in [6.45, 7) is 2.38. The van der Waals surface area contributed by atoms with E-state index in [0.717, 1.165) is 33.6 Å². The summed E-state index contributed by atoms with van der Waals surface area (Å²) >= 11 is 0. The van der Waals surface area contributed by atoms with E-state index in [9.17, 15) is 0 Å². The van der Waals surface area contributed by atoms with Crippen molar-refractivity contribution >= 4 is 32.3 Å². The van der Waals surface area contributed by atoms with Crippen molar-refractivity contribution in [3.05, 3.63) is 217 Å². The van der Waals surface area contributed by atoms with Crippen LogP contribution in [0.1, 0.15) is 23.6 Å². The first-order valence-corrected chi connectivity index (χ1v) is 19.3. The van der Waals surface area contributed by atoms with Crippen molar-refractivity contribution in [2.45, 2.75) is 12.3 Å². The highest BCUT2D eigenvalue weighted by Gasteiger charge is 2.42. The molecule has 1 unspecified atom stereocenters. The third kappa shape index (κ3) is 4.89. The summed E-state index contributed by atoms with van der Waals surface area (Å²) < 4.78 is 0. The molecule has 2 heteroatoms. The van der Waals surface area contributed by atoms with Crippen LogP contribution in [-0.2, 0) is 5.41 Å². The second-order valence-corrected chi connectivity index (χ2v) is 15.0. The fourth-order valence-corrected chi connectivity index (χ4v) is 9.36. The number of fused-ring (bicyclic) bond motifs is 7. The summed E-state index contributed by atoms with van der Waals surface area (Å²) in [5, 5.41) is 7.41. The predicted octanol–water partition coefficient (Wildman–Crippen LogP) is 13.9. The van der Waals surface area contributed by atoms with E-state index in [1.54, 1.807) is 0 Å². The van der Waals surface area contributed by atoms with Gasteiger partial charge in [-0.2, -0.15) is 0 Å². The van der Waals surface area contributed by atoms with Crippen molar-refractivity contribution in [1.82, 2.24) is 9.97 Å². The van der Waals surface area contributed by atoms with Crippen LogP contribution >= 0.6 is 0 Å². The topological polar surface area (TPSA) is 25.8 Å². The number of aromatic nitrogens is 2. The molecular formula is C54H36N2. The number of hydrogen-bond donors (Lipinski definition) is 0. The van der Waals surface area contributed by atoms with Crippen molar-refractivity contribution in [3.63, 3.8) is 0 Å². The molecule has 0 spiro atoms. The molecule has 0 amide bonds. The predicted molar refractivity (Wildman–Crippen MR) is 234 cm³/mol. The van der Waals surface area contributed by atoms with Gasteiger partial charge in [-0.3, -0.25) is 0 Å². The molecule has 11 rings (SSSR count). The number of benzene rings is 9. The van der Waals surface area contributed by atoms with Crippen LogP contribution in [0.2, 0.25) is 0 Å². The number of hydrogen-bond acceptors (Lipinski definition) is 2. The molecule has 0 aliphatic heterocycles. The molecule has 9 aromatic carbocycles. The van der Waals surface area contributed by atoms with Crippen LogP contribution in [0.5, 0.6) is 0 Å². The third-order valence-electron chi connectivity index (χ3n) is 11.9. The molecule has 1 atom stereocenters. The largest absolute Gasteiger partial charge is 0.228 e. The maximum atomic E-state index is 5.42. The van der Waals surface area contributed by atoms with Gasteiger partial charge in [0.15, 0.2) is 5.82 Å². The molecule has 10 aromatic rings. The van der Waals surface area contributed by atoms with Gasteiger partial charge in [0.25, 0.3) is 0 Å². The molecule has 0 saturated heterocycles. The van der Waals surface area contributed by atoms with Crippen LogP contribution in [0.3, 0.4) is 0 Å². The lowest BCUT2D eigenvalue weighted by molar-refractivity contribution is 0.715. The van der Waals surface area contributed by atoms with Gasteiger partial charge in [-0.05, 0) is 90.3 Å². The molecule has 0 saturated carbocycles. The van der Waals surface area contributed by atoms with Crippen molar-refractivity contribution in [2.24, 2.45) is 0 Å². The first-order chi connectivity index (χ1) is 27.7. The Balaban J connectivity index is 1.20. The normalized spacial score (nSPS) is 14.6. The Morgan fingerprint density at radius 3 is 1.77 bits per heavy atom. The van der Waals surface area contributed by atoms with E-state index in [0.29, 0.717) is 5.82 Å². The first kappa shape index (κ1) is 32.3. The molecule has 1 aliphatic carbocycles. The van der Waals surface area contributed by atoms with E-state index in [-0.39, 0.29) is 5.41 Å². The molecule has 0 N–H and O–H groups in total. The van der Waals surface area contributed by atoms with Crippen LogP contribution in [0.4, 0.5) is 0 Å². The summed E-state index contributed by atoms with van der Waals surface area (Å²) in [4.78, 5) is 10.8. The second kappa shape index (κ2) is 12.7. The zero-order chi connectivity index (χ0) is 37.2. The summed E-state index contributed by atoms with van der Waals surface area (Å²) in [6, 6.07) is 72.3. The van der Waals surface area contributed by atoms with Gasteiger partial charge in [0.05, 0.1) is 11.4 Å². The minimum Gasteiger partial charge on any atom is -0.228 e. The van der Waals surface area contributed by atoms with E-state index < -0.39 is 0 Å². The van der Waals surface area contributed by atoms with Gasteiger partial charge in [0.2, 0.25) is 0 Å². The Hall–Kier alpha value is -7.16. The van der Waals surface area contributed by atoms with E-state index in [4.69, 9.17) is 9.97 Å². The van der Waals surface area contributed by atoms with Gasteiger partial charge in [-0.25, -0.2) is 9.97 Å². The summed E-state index contributed by atoms with van der Waals surface area (Å²) in [5.41, 5.74) is 13.3. The summed E-state index contributed by atoms with van der Waals surface area (Å²) in [7, 11) is 0. The Kier molecular flexibility index (Phi) is 7.33. The molecule has 0 fully saturated rings. The highest BCUT2D eigenvalue weighted by molar-refractivity contribution is 6.21. The summed E-state index contributed by atoms with van der Waals surface area (Å²) in [6.07, 6.45) is 0. The first-order valence-electron chi connectivity index (χ1n) is 19.3. The zero-order valence-corrected chi connectivity index (χ0v) is 30.9. The van der Waals surface area contributed by atoms with Crippen molar-refractivity contribution < 1.29 is 0 Å². The lowest BCUT2D eigenvalue weighted by Crippen LogP contribution is -2.23. The van der Waals surface area contributed by atoms with Crippen molar-refractivity contribution in [2.75, 3.05) is 0 Å². The molecule has 56 heavy (non-hydrogen) atoms. The summed E-state index contributed by atoms with van der Waals surface area (Å²) in [5.74, 6) is 0.705. The standard InChI is InChI=1S/C54H36N2/c1-54(38-21-6-3-7-22-38)48-30-15-14-25-41(48)45-28-16-29-46(52(45)54)50-34-49(55-53(56-50)36-18-4-2-5-19-36)42-26-12-13-27-43(42)51-40-24-11-9-20-37(40)33-47-39-23-10-8-17-35(39)31-32-44(47)51/h2-34H,1H3. The average Bonchev–Trinajstić information content (AvgIpc) is 3.54. The van der Waals surface area contributed by atoms with Gasteiger partial charge < -0.3 is 0 Å². The van der Waals surface area contributed by atoms with E-state index in [2.05, 4.69) is 201 Å². The monoisotopic (exact) mass is 712 g/mol. The third-order valence-corrected chi connectivity index (χ3v) is 11.9. The van der Waals surface area contributed by atoms with Gasteiger partial charge in [0, 0.05) is 22.1 Å². The van der Waals surface area contributed by atoms with E-state index in [1.165, 1.54) is 65.7 Å². The second-order valence-electron chi connectivity index (χ2n) is 15.0. The zero-order valence-electron chi connectivity index (χ0n) is 30.9. The quantitative estimate of drug-likeness (QED) is 0.131. The van der Waals surface area contributed by atoms with Crippen molar-refractivity contribution in [3.8, 4) is 56.2 Å². The fourth-order valence-electron chi connectivity index (χ4n) is 9.36. The van der Waals surface area contributed by atoms with Gasteiger partial charge in [0.1, 0.15) is 0 Å². The van der Waals surface area contributed by atoms with Gasteiger partial charge in [-0.15, -0.1) is 0 Å². The Morgan fingerprint density at radius 2 is 0.964 bits per heavy atom. The van der Waals surface area contributed by atoms with Gasteiger partial charge >= 0.3 is 0 Å². The lowest BCUT2D eigenvalue weighted by Gasteiger charge is -2.30. The van der Waals surface area contributed by atoms with Crippen LogP contribution < -0.4 is 0 Å². The average molecular weight is 713 g/mol. The molecular weight excluding hydrogens is 677 g/mol. The Bertz CT molecular complexity index is 3150. The number of nitrogens with zero attached hydrogens (tertiary/aromatic N) is 2. The SMILES string of the molecule is CC1(c2ccccc2)c2ccccc2-c2cccc(-c3cc(-c4ccccc4-c4c5ccccc5cc5c4ccc4ccccc45)nc(-c4ccccc4)n3)c21. The lowest BCUT2D eigenvalue weighted by atomic mass is 9.72. The number of rotatable bonds is 5. The molecule has 0 bridgehead atoms. The highest BCUT2D eigenvalue weighted by atomic mass is 14.9. The molecule has 1 aliphatic rings. The van der Waals surface area contributed by atoms with Crippen LogP contribution in [0.15, 0.2) is 200 Å². The Morgan fingerprint density at radius 1 is 0.375 bits per heavy atom. The maximum Gasteiger partial charge on any atom is 0.160 e. The fraction of sp³-hybridized carbons (Fsp3) is 0.0370. The van der Waals surface area contributed by atoms with Crippen LogP contribution in [0, 0.1) is 0 Å². The van der Waals surface area contributed by atoms with Gasteiger partial charge in [-0.1, -0.05) is 188 Å². The molecule has 2 nitrogen and oxygen atoms in total. The maximum absolute atomic E-state index is 5.42. The smallest absolute Gasteiger partial charge is 0.160 e. The van der Waals surface area contributed by atoms with Crippen LogP contribution in [0.25, 0.3) is 88.5 Å². The minimum absolute atomic E-state index is 0.385. The Labute approximate surface area is 326 Å². The molecule has 1 aromatic heterocycles. The van der Waals surface area contributed by atoms with Crippen molar-refractivity contribution in [1.29, 1.82) is 0 Å². The van der Waals surface area contributed by atoms with E-state index >= 15 is 0 Å². The van der Waals surface area contributed by atoms with Crippen LogP contribution in [-0.4, -0.2) is 9.97 Å².